The monoisotopic (exact) mass is 298 g/mol. The summed E-state index contributed by atoms with van der Waals surface area (Å²) in [5.41, 5.74) is 7.31. The van der Waals surface area contributed by atoms with Gasteiger partial charge in [-0.1, -0.05) is 42.0 Å². The average molecular weight is 298 g/mol. The lowest BCUT2D eigenvalue weighted by Gasteiger charge is -2.32. The predicted octanol–water partition coefficient (Wildman–Crippen LogP) is 3.65. The van der Waals surface area contributed by atoms with E-state index in [4.69, 9.17) is 5.84 Å². The van der Waals surface area contributed by atoms with Crippen molar-refractivity contribution < 1.29 is 0 Å². The van der Waals surface area contributed by atoms with Gasteiger partial charge >= 0.3 is 0 Å². The summed E-state index contributed by atoms with van der Waals surface area (Å²) in [6.45, 7) is 2.12. The average Bonchev–Trinajstić information content (AvgIpc) is 2.49. The van der Waals surface area contributed by atoms with Crippen molar-refractivity contribution in [1.82, 2.24) is 5.43 Å². The highest BCUT2D eigenvalue weighted by Crippen LogP contribution is 2.38. The maximum absolute atomic E-state index is 5.74. The third-order valence-electron chi connectivity index (χ3n) is 4.24. The first kappa shape index (κ1) is 14.6. The predicted molar refractivity (Wildman–Crippen MR) is 90.5 cm³/mol. The number of rotatable bonds is 6. The number of benzene rings is 2. The first-order valence-electron chi connectivity index (χ1n) is 7.49. The summed E-state index contributed by atoms with van der Waals surface area (Å²) < 4.78 is 0. The minimum atomic E-state index is 0.356. The van der Waals surface area contributed by atoms with Crippen molar-refractivity contribution in [2.75, 3.05) is 5.75 Å². The molecule has 0 radical (unpaired) electrons. The van der Waals surface area contributed by atoms with Crippen LogP contribution in [0.1, 0.15) is 29.0 Å². The second-order valence-corrected chi connectivity index (χ2v) is 6.92. The van der Waals surface area contributed by atoms with E-state index in [-0.39, 0.29) is 0 Å². The molecule has 0 saturated carbocycles. The molecule has 1 aliphatic rings. The third-order valence-corrected chi connectivity index (χ3v) is 5.41. The zero-order valence-corrected chi connectivity index (χ0v) is 13.2. The van der Waals surface area contributed by atoms with Crippen molar-refractivity contribution in [3.63, 3.8) is 0 Å². The molecule has 2 nitrogen and oxygen atoms in total. The van der Waals surface area contributed by atoms with Gasteiger partial charge in [0.05, 0.1) is 0 Å². The van der Waals surface area contributed by atoms with Gasteiger partial charge in [-0.3, -0.25) is 11.3 Å². The fourth-order valence-electron chi connectivity index (χ4n) is 2.93. The molecule has 3 rings (SSSR count). The molecular weight excluding hydrogens is 276 g/mol. The number of hydrogen-bond acceptors (Lipinski definition) is 3. The van der Waals surface area contributed by atoms with Crippen molar-refractivity contribution in [3.8, 4) is 0 Å². The Balaban J connectivity index is 1.53. The van der Waals surface area contributed by atoms with Gasteiger partial charge in [0.1, 0.15) is 0 Å². The van der Waals surface area contributed by atoms with Crippen molar-refractivity contribution in [1.29, 1.82) is 0 Å². The van der Waals surface area contributed by atoms with Crippen LogP contribution < -0.4 is 11.3 Å². The Morgan fingerprint density at radius 3 is 2.67 bits per heavy atom. The minimum absolute atomic E-state index is 0.356. The van der Waals surface area contributed by atoms with Crippen LogP contribution in [0, 0.1) is 6.92 Å². The molecule has 3 heteroatoms. The number of thioether (sulfide) groups is 1. The Bertz CT molecular complexity index is 594. The lowest BCUT2D eigenvalue weighted by Crippen LogP contribution is -2.39. The zero-order valence-electron chi connectivity index (χ0n) is 12.4. The second kappa shape index (κ2) is 6.65. The van der Waals surface area contributed by atoms with Gasteiger partial charge in [0, 0.05) is 16.7 Å². The molecule has 2 atom stereocenters. The summed E-state index contributed by atoms with van der Waals surface area (Å²) in [6.07, 6.45) is 2.32. The van der Waals surface area contributed by atoms with Gasteiger partial charge in [0.2, 0.25) is 0 Å². The molecule has 2 aromatic carbocycles. The van der Waals surface area contributed by atoms with Gasteiger partial charge in [-0.25, -0.2) is 0 Å². The molecule has 0 heterocycles. The van der Waals surface area contributed by atoms with Crippen LogP contribution in [0.5, 0.6) is 0 Å². The lowest BCUT2D eigenvalue weighted by molar-refractivity contribution is 0.452. The van der Waals surface area contributed by atoms with E-state index < -0.39 is 0 Å². The van der Waals surface area contributed by atoms with E-state index in [0.717, 1.165) is 12.2 Å². The standard InChI is InChI=1S/C18H22N2S/c1-13-6-8-17(9-7-13)21-12-16(20-19)11-15-10-14-4-2-3-5-18(14)15/h2-9,15-16,20H,10-12,19H2,1H3. The summed E-state index contributed by atoms with van der Waals surface area (Å²) >= 11 is 1.88. The molecular formula is C18H22N2S. The van der Waals surface area contributed by atoms with E-state index >= 15 is 0 Å². The summed E-state index contributed by atoms with van der Waals surface area (Å²) in [6, 6.07) is 17.8. The number of aryl methyl sites for hydroxylation is 1. The first-order valence-corrected chi connectivity index (χ1v) is 8.48. The summed E-state index contributed by atoms with van der Waals surface area (Å²) in [7, 11) is 0. The molecule has 0 amide bonds. The SMILES string of the molecule is Cc1ccc(SCC(CC2Cc3ccccc32)NN)cc1. The fourth-order valence-corrected chi connectivity index (χ4v) is 3.89. The highest BCUT2D eigenvalue weighted by atomic mass is 32.2. The summed E-state index contributed by atoms with van der Waals surface area (Å²) in [4.78, 5) is 1.31. The molecule has 0 aliphatic heterocycles. The molecule has 21 heavy (non-hydrogen) atoms. The quantitative estimate of drug-likeness (QED) is 0.486. The van der Waals surface area contributed by atoms with Gasteiger partial charge < -0.3 is 0 Å². The van der Waals surface area contributed by atoms with Crippen LogP contribution >= 0.6 is 11.8 Å². The van der Waals surface area contributed by atoms with Crippen LogP contribution in [0.25, 0.3) is 0 Å². The van der Waals surface area contributed by atoms with E-state index in [0.29, 0.717) is 12.0 Å². The number of hydrazine groups is 1. The Morgan fingerprint density at radius 1 is 1.19 bits per heavy atom. The minimum Gasteiger partial charge on any atom is -0.271 e. The molecule has 0 aromatic heterocycles. The fraction of sp³-hybridized carbons (Fsp3) is 0.333. The van der Waals surface area contributed by atoms with Crippen LogP contribution in [-0.2, 0) is 6.42 Å². The van der Waals surface area contributed by atoms with E-state index in [9.17, 15) is 0 Å². The van der Waals surface area contributed by atoms with Crippen LogP contribution in [0.3, 0.4) is 0 Å². The number of nitrogens with two attached hydrogens (primary N) is 1. The Labute approximate surface area is 131 Å². The maximum atomic E-state index is 5.74. The Kier molecular flexibility index (Phi) is 4.63. The number of fused-ring (bicyclic) bond motifs is 1. The topological polar surface area (TPSA) is 38.0 Å². The van der Waals surface area contributed by atoms with Gasteiger partial charge in [-0.05, 0) is 48.9 Å². The van der Waals surface area contributed by atoms with Gasteiger partial charge in [0.25, 0.3) is 0 Å². The summed E-state index contributed by atoms with van der Waals surface area (Å²) in [5, 5.41) is 0. The molecule has 0 spiro atoms. The van der Waals surface area contributed by atoms with Crippen molar-refractivity contribution in [2.45, 2.75) is 36.6 Å². The Hall–Kier alpha value is -1.29. The van der Waals surface area contributed by atoms with Gasteiger partial charge in [-0.15, -0.1) is 11.8 Å². The summed E-state index contributed by atoms with van der Waals surface area (Å²) in [5.74, 6) is 7.42. The van der Waals surface area contributed by atoms with Crippen LogP contribution in [-0.4, -0.2) is 11.8 Å². The highest BCUT2D eigenvalue weighted by molar-refractivity contribution is 7.99. The molecule has 3 N–H and O–H groups in total. The largest absolute Gasteiger partial charge is 0.271 e. The lowest BCUT2D eigenvalue weighted by atomic mass is 9.75. The second-order valence-electron chi connectivity index (χ2n) is 5.82. The maximum Gasteiger partial charge on any atom is 0.0310 e. The third kappa shape index (κ3) is 3.49. The van der Waals surface area contributed by atoms with Crippen LogP contribution in [0.2, 0.25) is 0 Å². The van der Waals surface area contributed by atoms with Crippen molar-refractivity contribution >= 4 is 11.8 Å². The molecule has 1 aliphatic carbocycles. The van der Waals surface area contributed by atoms with Crippen molar-refractivity contribution in [2.24, 2.45) is 5.84 Å². The first-order chi connectivity index (χ1) is 10.3. The molecule has 0 bridgehead atoms. The highest BCUT2D eigenvalue weighted by Gasteiger charge is 2.27. The van der Waals surface area contributed by atoms with Crippen LogP contribution in [0.15, 0.2) is 53.4 Å². The molecule has 110 valence electrons. The van der Waals surface area contributed by atoms with E-state index in [2.05, 4.69) is 60.9 Å². The molecule has 2 unspecified atom stereocenters. The van der Waals surface area contributed by atoms with Gasteiger partial charge in [0.15, 0.2) is 0 Å². The normalized spacial score (nSPS) is 17.9. The van der Waals surface area contributed by atoms with Gasteiger partial charge in [-0.2, -0.15) is 0 Å². The number of nitrogens with one attached hydrogen (secondary N) is 1. The smallest absolute Gasteiger partial charge is 0.0310 e. The van der Waals surface area contributed by atoms with E-state index in [1.54, 1.807) is 0 Å². The number of hydrogen-bond donors (Lipinski definition) is 2. The van der Waals surface area contributed by atoms with Crippen LogP contribution in [0.4, 0.5) is 0 Å². The molecule has 0 fully saturated rings. The van der Waals surface area contributed by atoms with E-state index in [1.807, 2.05) is 11.8 Å². The van der Waals surface area contributed by atoms with Crippen molar-refractivity contribution in [3.05, 3.63) is 65.2 Å². The van der Waals surface area contributed by atoms with E-state index in [1.165, 1.54) is 28.0 Å². The Morgan fingerprint density at radius 2 is 1.95 bits per heavy atom. The zero-order chi connectivity index (χ0) is 14.7. The molecule has 0 saturated heterocycles. The molecule has 2 aromatic rings.